The first kappa shape index (κ1) is 56.2. The third-order valence-electron chi connectivity index (χ3n) is 9.78. The molecule has 0 spiro atoms. The molecule has 0 aromatic rings. The Bertz CT molecular complexity index is 1220. The van der Waals surface area contributed by atoms with Gasteiger partial charge in [0.25, 0.3) is 0 Å². The summed E-state index contributed by atoms with van der Waals surface area (Å²) in [6, 6.07) is 0. The molecule has 59 heavy (non-hydrogen) atoms. The summed E-state index contributed by atoms with van der Waals surface area (Å²) in [5, 5.41) is 11.2. The van der Waals surface area contributed by atoms with E-state index in [4.69, 9.17) is 23.6 Å². The first-order valence-corrected chi connectivity index (χ1v) is 24.5. The summed E-state index contributed by atoms with van der Waals surface area (Å²) in [6.45, 7) is 4.22. The highest BCUT2D eigenvalue weighted by atomic mass is 31.2. The van der Waals surface area contributed by atoms with E-state index in [2.05, 4.69) is 43.5 Å². The van der Waals surface area contributed by atoms with Gasteiger partial charge in [0.2, 0.25) is 5.91 Å². The van der Waals surface area contributed by atoms with Crippen LogP contribution in [0.2, 0.25) is 0 Å². The maximum atomic E-state index is 12.7. The van der Waals surface area contributed by atoms with E-state index in [1.807, 2.05) is 0 Å². The van der Waals surface area contributed by atoms with Crippen LogP contribution in [0.4, 0.5) is 0 Å². The molecular weight excluding hydrogens is 773 g/mol. The van der Waals surface area contributed by atoms with E-state index in [1.54, 1.807) is 0 Å². The number of hydrogen-bond donors (Lipinski definition) is 3. The summed E-state index contributed by atoms with van der Waals surface area (Å²) in [6.07, 6.45) is 38.9. The van der Waals surface area contributed by atoms with Gasteiger partial charge < -0.3 is 24.8 Å². The normalized spacial score (nSPS) is 13.5. The van der Waals surface area contributed by atoms with Crippen LogP contribution in [0.25, 0.3) is 0 Å². The number of hydrogen-bond acceptors (Lipinski definition) is 9. The van der Waals surface area contributed by atoms with Crippen LogP contribution in [-0.2, 0) is 42.3 Å². The average molecular weight is 856 g/mol. The van der Waals surface area contributed by atoms with E-state index in [0.29, 0.717) is 12.8 Å². The monoisotopic (exact) mass is 856 g/mol. The molecule has 0 aliphatic carbocycles. The number of esters is 2. The summed E-state index contributed by atoms with van der Waals surface area (Å²) in [5.74, 6) is -2.93. The summed E-state index contributed by atoms with van der Waals surface area (Å²) >= 11 is 0. The molecule has 342 valence electrons. The van der Waals surface area contributed by atoms with Crippen molar-refractivity contribution in [2.75, 3.05) is 26.4 Å². The highest BCUT2D eigenvalue weighted by Gasteiger charge is 2.26. The molecule has 0 aliphatic heterocycles. The Morgan fingerprint density at radius 1 is 0.593 bits per heavy atom. The Morgan fingerprint density at radius 3 is 1.47 bits per heavy atom. The lowest BCUT2D eigenvalue weighted by Crippen LogP contribution is -2.30. The van der Waals surface area contributed by atoms with Crippen LogP contribution in [0, 0.1) is 0 Å². The molecule has 0 saturated carbocycles. The standard InChI is InChI=1S/C46H82NO11P/c1-4-6-8-10-12-14-16-18-20-22-24-26-28-30-32-34-44(49)55-39-42(40-57-59(53,54)56-37-36-47-43(48)38-41(3)46(51)52)58-45(50)35-33-31-29-27-25-23-21-19-17-15-13-11-9-7-5-2/h18-21,38,42H,4-17,22-37,39-40H2,1-3H3,(H,47,48)(H,51,52)(H,53,54)/b20-18-,21-19-,41-38-/t42-/m0/s1. The quantitative estimate of drug-likeness (QED) is 0.0175. The van der Waals surface area contributed by atoms with Gasteiger partial charge in [0.15, 0.2) is 6.10 Å². The van der Waals surface area contributed by atoms with Crippen LogP contribution in [-0.4, -0.2) is 66.3 Å². The van der Waals surface area contributed by atoms with E-state index in [1.165, 1.54) is 84.0 Å². The van der Waals surface area contributed by atoms with Crippen molar-refractivity contribution in [2.24, 2.45) is 0 Å². The number of phosphoric acid groups is 1. The molecule has 0 rings (SSSR count). The van der Waals surface area contributed by atoms with E-state index in [0.717, 1.165) is 83.1 Å². The zero-order valence-electron chi connectivity index (χ0n) is 37.1. The van der Waals surface area contributed by atoms with E-state index in [9.17, 15) is 28.6 Å². The maximum absolute atomic E-state index is 12.7. The molecule has 0 bridgehead atoms. The smallest absolute Gasteiger partial charge is 0.472 e. The number of nitrogens with one attached hydrogen (secondary N) is 1. The first-order chi connectivity index (χ1) is 28.5. The highest BCUT2D eigenvalue weighted by molar-refractivity contribution is 7.47. The molecule has 0 aromatic carbocycles. The van der Waals surface area contributed by atoms with Gasteiger partial charge in [0.1, 0.15) is 6.61 Å². The van der Waals surface area contributed by atoms with Crippen molar-refractivity contribution in [3.05, 3.63) is 36.0 Å². The lowest BCUT2D eigenvalue weighted by molar-refractivity contribution is -0.161. The SMILES string of the molecule is CCCCCCCC/C=C\CCCCCCCC(=O)OC[C@@H](COP(=O)(O)OCCNC(=O)/C=C(/C)C(=O)O)OC(=O)CCCCCCC/C=C\CCCCCCCC. The van der Waals surface area contributed by atoms with Crippen LogP contribution in [0.5, 0.6) is 0 Å². The average Bonchev–Trinajstić information content (AvgIpc) is 3.20. The summed E-state index contributed by atoms with van der Waals surface area (Å²) in [7, 11) is -4.64. The van der Waals surface area contributed by atoms with Crippen molar-refractivity contribution in [3.63, 3.8) is 0 Å². The van der Waals surface area contributed by atoms with Gasteiger partial charge in [0.05, 0.1) is 13.2 Å². The topological polar surface area (TPSA) is 175 Å². The van der Waals surface area contributed by atoms with Crippen molar-refractivity contribution in [1.82, 2.24) is 5.32 Å². The van der Waals surface area contributed by atoms with Crippen molar-refractivity contribution in [2.45, 2.75) is 207 Å². The second-order valence-corrected chi connectivity index (χ2v) is 16.9. The van der Waals surface area contributed by atoms with Gasteiger partial charge >= 0.3 is 25.7 Å². The fourth-order valence-corrected chi connectivity index (χ4v) is 6.91. The molecule has 0 aromatic heterocycles. The van der Waals surface area contributed by atoms with Gasteiger partial charge in [-0.3, -0.25) is 23.4 Å². The van der Waals surface area contributed by atoms with Crippen LogP contribution in [0.1, 0.15) is 201 Å². The largest absolute Gasteiger partial charge is 0.478 e. The molecular formula is C46H82NO11P. The minimum atomic E-state index is -4.64. The van der Waals surface area contributed by atoms with Crippen molar-refractivity contribution >= 4 is 31.6 Å². The number of phosphoric ester groups is 1. The van der Waals surface area contributed by atoms with Crippen molar-refractivity contribution < 1.29 is 52.3 Å². The van der Waals surface area contributed by atoms with Gasteiger partial charge in [-0.25, -0.2) is 9.36 Å². The number of carbonyl (C=O) groups is 4. The van der Waals surface area contributed by atoms with Crippen molar-refractivity contribution in [3.8, 4) is 0 Å². The molecule has 0 radical (unpaired) electrons. The van der Waals surface area contributed by atoms with Gasteiger partial charge in [-0.15, -0.1) is 0 Å². The zero-order valence-corrected chi connectivity index (χ0v) is 38.0. The molecule has 2 atom stereocenters. The Labute approximate surface area is 357 Å². The molecule has 0 aliphatic rings. The Hall–Kier alpha value is -2.79. The van der Waals surface area contributed by atoms with Gasteiger partial charge in [0, 0.05) is 31.0 Å². The Balaban J connectivity index is 4.59. The number of carboxylic acid groups (broad SMARTS) is 1. The van der Waals surface area contributed by atoms with E-state index < -0.39 is 51.0 Å². The minimum absolute atomic E-state index is 0.153. The lowest BCUT2D eigenvalue weighted by Gasteiger charge is -2.20. The number of carbonyl (C=O) groups excluding carboxylic acids is 3. The van der Waals surface area contributed by atoms with Crippen LogP contribution >= 0.6 is 7.82 Å². The second kappa shape index (κ2) is 40.6. The number of ether oxygens (including phenoxy) is 2. The number of amides is 1. The fraction of sp³-hybridized carbons (Fsp3) is 0.783. The number of carboxylic acids is 1. The van der Waals surface area contributed by atoms with Crippen molar-refractivity contribution in [1.29, 1.82) is 0 Å². The van der Waals surface area contributed by atoms with Gasteiger partial charge in [-0.05, 0) is 71.1 Å². The van der Waals surface area contributed by atoms with E-state index >= 15 is 0 Å². The molecule has 1 amide bonds. The van der Waals surface area contributed by atoms with Gasteiger partial charge in [-0.2, -0.15) is 0 Å². The van der Waals surface area contributed by atoms with Gasteiger partial charge in [-0.1, -0.05) is 141 Å². The Kier molecular flexibility index (Phi) is 38.7. The summed E-state index contributed by atoms with van der Waals surface area (Å²) < 4.78 is 33.3. The predicted octanol–water partition coefficient (Wildman–Crippen LogP) is 11.8. The molecule has 0 heterocycles. The predicted molar refractivity (Wildman–Crippen MR) is 236 cm³/mol. The second-order valence-electron chi connectivity index (χ2n) is 15.5. The summed E-state index contributed by atoms with van der Waals surface area (Å²) in [4.78, 5) is 58.0. The van der Waals surface area contributed by atoms with Crippen LogP contribution in [0.15, 0.2) is 36.0 Å². The number of allylic oxidation sites excluding steroid dienone is 4. The molecule has 3 N–H and O–H groups in total. The highest BCUT2D eigenvalue weighted by Crippen LogP contribution is 2.43. The number of aliphatic carboxylic acids is 1. The molecule has 1 unspecified atom stereocenters. The third kappa shape index (κ3) is 40.4. The summed E-state index contributed by atoms with van der Waals surface area (Å²) in [5.41, 5.74) is -0.175. The molecule has 0 fully saturated rings. The van der Waals surface area contributed by atoms with Crippen LogP contribution < -0.4 is 5.32 Å². The number of rotatable bonds is 42. The minimum Gasteiger partial charge on any atom is -0.478 e. The lowest BCUT2D eigenvalue weighted by atomic mass is 10.1. The fourth-order valence-electron chi connectivity index (χ4n) is 6.16. The first-order valence-electron chi connectivity index (χ1n) is 23.0. The molecule has 12 nitrogen and oxygen atoms in total. The molecule has 13 heteroatoms. The maximum Gasteiger partial charge on any atom is 0.472 e. The molecule has 0 saturated heterocycles. The zero-order chi connectivity index (χ0) is 43.7. The van der Waals surface area contributed by atoms with Crippen LogP contribution in [0.3, 0.4) is 0 Å². The third-order valence-corrected chi connectivity index (χ3v) is 10.8. The number of unbranched alkanes of at least 4 members (excludes halogenated alkanes) is 22. The Morgan fingerprint density at radius 2 is 1.02 bits per heavy atom. The van der Waals surface area contributed by atoms with E-state index in [-0.39, 0.29) is 31.6 Å².